The smallest absolute Gasteiger partial charge is 0.336 e. The Hall–Kier alpha value is -2.14. The van der Waals surface area contributed by atoms with Crippen LogP contribution in [0.25, 0.3) is 0 Å². The van der Waals surface area contributed by atoms with Crippen molar-refractivity contribution in [1.29, 1.82) is 0 Å². The summed E-state index contributed by atoms with van der Waals surface area (Å²) in [6.07, 6.45) is 0.432. The van der Waals surface area contributed by atoms with Crippen molar-refractivity contribution in [3.8, 4) is 0 Å². The molecule has 0 aromatic heterocycles. The molecule has 2 aromatic rings. The fourth-order valence-corrected chi connectivity index (χ4v) is 2.38. The molecule has 4 nitrogen and oxygen atoms in total. The van der Waals surface area contributed by atoms with Crippen LogP contribution in [0.5, 0.6) is 0 Å². The van der Waals surface area contributed by atoms with Gasteiger partial charge in [-0.05, 0) is 41.8 Å². The Bertz CT molecular complexity index is 679. The lowest BCUT2D eigenvalue weighted by atomic mass is 9.98. The van der Waals surface area contributed by atoms with Gasteiger partial charge in [0.2, 0.25) is 0 Å². The van der Waals surface area contributed by atoms with Crippen LogP contribution in [0.2, 0.25) is 0 Å². The summed E-state index contributed by atoms with van der Waals surface area (Å²) < 4.78 is 0.911. The Morgan fingerprint density at radius 2 is 1.75 bits per heavy atom. The van der Waals surface area contributed by atoms with Gasteiger partial charge in [-0.15, -0.1) is 0 Å². The van der Waals surface area contributed by atoms with E-state index in [1.54, 1.807) is 6.07 Å². The normalized spacial score (nSPS) is 10.2. The zero-order chi connectivity index (χ0) is 14.7. The second kappa shape index (κ2) is 5.88. The van der Waals surface area contributed by atoms with Crippen molar-refractivity contribution in [2.75, 3.05) is 0 Å². The number of hydrogen-bond acceptors (Lipinski definition) is 2. The maximum absolute atomic E-state index is 11.3. The van der Waals surface area contributed by atoms with Crippen LogP contribution in [0.3, 0.4) is 0 Å². The van der Waals surface area contributed by atoms with E-state index in [-0.39, 0.29) is 11.1 Å². The van der Waals surface area contributed by atoms with Crippen LogP contribution < -0.4 is 0 Å². The molecule has 0 spiro atoms. The van der Waals surface area contributed by atoms with E-state index in [4.69, 9.17) is 5.11 Å². The second-order valence-electron chi connectivity index (χ2n) is 4.29. The van der Waals surface area contributed by atoms with Gasteiger partial charge in [-0.2, -0.15) is 0 Å². The van der Waals surface area contributed by atoms with E-state index in [2.05, 4.69) is 15.9 Å². The maximum Gasteiger partial charge on any atom is 0.336 e. The first-order chi connectivity index (χ1) is 9.47. The highest BCUT2D eigenvalue weighted by atomic mass is 79.9. The first kappa shape index (κ1) is 14.3. The average molecular weight is 335 g/mol. The van der Waals surface area contributed by atoms with Gasteiger partial charge < -0.3 is 10.2 Å². The molecule has 0 aliphatic heterocycles. The minimum atomic E-state index is -1.14. The van der Waals surface area contributed by atoms with Crippen LogP contribution in [-0.4, -0.2) is 22.2 Å². The van der Waals surface area contributed by atoms with Gasteiger partial charge >= 0.3 is 11.9 Å². The van der Waals surface area contributed by atoms with Gasteiger partial charge in [-0.3, -0.25) is 0 Å². The van der Waals surface area contributed by atoms with E-state index in [0.29, 0.717) is 12.0 Å². The summed E-state index contributed by atoms with van der Waals surface area (Å²) in [7, 11) is 0. The summed E-state index contributed by atoms with van der Waals surface area (Å²) >= 11 is 3.36. The Morgan fingerprint density at radius 3 is 2.35 bits per heavy atom. The highest BCUT2D eigenvalue weighted by molar-refractivity contribution is 9.10. The molecule has 102 valence electrons. The van der Waals surface area contributed by atoms with Gasteiger partial charge in [0.05, 0.1) is 11.1 Å². The Kier molecular flexibility index (Phi) is 4.20. The lowest BCUT2D eigenvalue weighted by molar-refractivity contribution is 0.0695. The van der Waals surface area contributed by atoms with Gasteiger partial charge in [0.15, 0.2) is 0 Å². The van der Waals surface area contributed by atoms with Crippen molar-refractivity contribution < 1.29 is 19.8 Å². The molecular formula is C15H11BrO4. The fourth-order valence-electron chi connectivity index (χ4n) is 1.93. The van der Waals surface area contributed by atoms with E-state index >= 15 is 0 Å². The highest BCUT2D eigenvalue weighted by Gasteiger charge is 2.14. The highest BCUT2D eigenvalue weighted by Crippen LogP contribution is 2.19. The lowest BCUT2D eigenvalue weighted by Crippen LogP contribution is -2.06. The molecule has 2 N–H and O–H groups in total. The standard InChI is InChI=1S/C15H11BrO4/c16-12-3-1-2-9(7-12)6-10-4-5-11(14(17)18)8-13(10)15(19)20/h1-5,7-8H,6H2,(H,17,18)(H,19,20). The molecule has 0 amide bonds. The first-order valence-electron chi connectivity index (χ1n) is 5.81. The summed E-state index contributed by atoms with van der Waals surface area (Å²) in [4.78, 5) is 22.1. The molecule has 0 saturated heterocycles. The molecule has 5 heteroatoms. The van der Waals surface area contributed by atoms with Crippen LogP contribution in [0.1, 0.15) is 31.8 Å². The van der Waals surface area contributed by atoms with E-state index in [1.807, 2.05) is 24.3 Å². The third-order valence-corrected chi connectivity index (χ3v) is 3.36. The van der Waals surface area contributed by atoms with Crippen molar-refractivity contribution in [3.05, 3.63) is 69.2 Å². The fraction of sp³-hybridized carbons (Fsp3) is 0.0667. The predicted octanol–water partition coefficient (Wildman–Crippen LogP) is 3.44. The zero-order valence-corrected chi connectivity index (χ0v) is 11.9. The summed E-state index contributed by atoms with van der Waals surface area (Å²) in [5.41, 5.74) is 1.52. The van der Waals surface area contributed by atoms with E-state index in [1.165, 1.54) is 12.1 Å². The second-order valence-corrected chi connectivity index (χ2v) is 5.20. The van der Waals surface area contributed by atoms with Gasteiger partial charge in [0, 0.05) is 4.47 Å². The maximum atomic E-state index is 11.3. The summed E-state index contributed by atoms with van der Waals surface area (Å²) in [6.45, 7) is 0. The van der Waals surface area contributed by atoms with Gasteiger partial charge in [-0.1, -0.05) is 34.1 Å². The summed E-state index contributed by atoms with van der Waals surface area (Å²) in [5, 5.41) is 18.1. The number of rotatable bonds is 4. The number of carboxylic acids is 2. The number of halogens is 1. The van der Waals surface area contributed by atoms with Crippen LogP contribution in [0.4, 0.5) is 0 Å². The molecule has 0 aliphatic rings. The monoisotopic (exact) mass is 334 g/mol. The topological polar surface area (TPSA) is 74.6 Å². The predicted molar refractivity (Wildman–Crippen MR) is 77.3 cm³/mol. The van der Waals surface area contributed by atoms with Gasteiger partial charge in [-0.25, -0.2) is 9.59 Å². The van der Waals surface area contributed by atoms with E-state index in [0.717, 1.165) is 10.0 Å². The minimum absolute atomic E-state index is 0.0184. The zero-order valence-electron chi connectivity index (χ0n) is 10.3. The van der Waals surface area contributed by atoms with Crippen LogP contribution in [-0.2, 0) is 6.42 Å². The molecular weight excluding hydrogens is 324 g/mol. The number of carbonyl (C=O) groups is 2. The average Bonchev–Trinajstić information content (AvgIpc) is 2.38. The molecule has 0 fully saturated rings. The Balaban J connectivity index is 2.41. The quantitative estimate of drug-likeness (QED) is 0.898. The molecule has 20 heavy (non-hydrogen) atoms. The molecule has 0 atom stereocenters. The molecule has 0 saturated carbocycles. The summed E-state index contributed by atoms with van der Waals surface area (Å²) in [6, 6.07) is 11.7. The number of hydrogen-bond donors (Lipinski definition) is 2. The van der Waals surface area contributed by atoms with Crippen molar-refractivity contribution in [2.24, 2.45) is 0 Å². The van der Waals surface area contributed by atoms with Crippen LogP contribution in [0.15, 0.2) is 46.9 Å². The molecule has 0 heterocycles. The molecule has 0 unspecified atom stereocenters. The molecule has 0 aliphatic carbocycles. The van der Waals surface area contributed by atoms with Gasteiger partial charge in [0.25, 0.3) is 0 Å². The minimum Gasteiger partial charge on any atom is -0.478 e. The van der Waals surface area contributed by atoms with Crippen molar-refractivity contribution in [3.63, 3.8) is 0 Å². The van der Waals surface area contributed by atoms with E-state index < -0.39 is 11.9 Å². The Labute approximate surface area is 123 Å². The number of carboxylic acid groups (broad SMARTS) is 2. The van der Waals surface area contributed by atoms with Crippen LogP contribution >= 0.6 is 15.9 Å². The SMILES string of the molecule is O=C(O)c1ccc(Cc2cccc(Br)c2)c(C(=O)O)c1. The van der Waals surface area contributed by atoms with Gasteiger partial charge in [0.1, 0.15) is 0 Å². The lowest BCUT2D eigenvalue weighted by Gasteiger charge is -2.08. The molecule has 2 aromatic carbocycles. The third kappa shape index (κ3) is 3.24. The van der Waals surface area contributed by atoms with Crippen molar-refractivity contribution in [1.82, 2.24) is 0 Å². The Morgan fingerprint density at radius 1 is 1.00 bits per heavy atom. The van der Waals surface area contributed by atoms with E-state index in [9.17, 15) is 14.7 Å². The van der Waals surface area contributed by atoms with Crippen molar-refractivity contribution >= 4 is 27.9 Å². The van der Waals surface area contributed by atoms with Crippen molar-refractivity contribution in [2.45, 2.75) is 6.42 Å². The molecule has 0 radical (unpaired) electrons. The summed E-state index contributed by atoms with van der Waals surface area (Å²) in [5.74, 6) is -2.26. The molecule has 0 bridgehead atoms. The molecule has 2 rings (SSSR count). The largest absolute Gasteiger partial charge is 0.478 e. The first-order valence-corrected chi connectivity index (χ1v) is 6.60. The third-order valence-electron chi connectivity index (χ3n) is 2.87. The number of aromatic carboxylic acids is 2. The van der Waals surface area contributed by atoms with Crippen LogP contribution in [0, 0.1) is 0 Å². The number of benzene rings is 2.